The second-order valence-electron chi connectivity index (χ2n) is 6.59. The molecule has 0 aromatic carbocycles. The molecule has 5 unspecified atom stereocenters. The van der Waals surface area contributed by atoms with Gasteiger partial charge in [-0.25, -0.2) is 0 Å². The predicted octanol–water partition coefficient (Wildman–Crippen LogP) is 2.96. The van der Waals surface area contributed by atoms with Gasteiger partial charge in [-0.3, -0.25) is 9.59 Å². The molecule has 1 aliphatic rings. The summed E-state index contributed by atoms with van der Waals surface area (Å²) in [6.07, 6.45) is 3.75. The molecule has 1 heterocycles. The number of hydrogen-bond donors (Lipinski definition) is 1. The molecule has 1 rings (SSSR count). The Morgan fingerprint density at radius 1 is 1.05 bits per heavy atom. The second-order valence-corrected chi connectivity index (χ2v) is 6.59. The summed E-state index contributed by atoms with van der Waals surface area (Å²) in [5.41, 5.74) is 0. The standard InChI is InChI=1S/C17H32N2O2/c1-7-10-13(6)19-15(12(5)9-3)16(20)18-14(17(19)21)11(4)8-2/h11-15H,7-10H2,1-6H3,(H,18,20). The van der Waals surface area contributed by atoms with Crippen molar-refractivity contribution in [1.29, 1.82) is 0 Å². The summed E-state index contributed by atoms with van der Waals surface area (Å²) in [7, 11) is 0. The molecule has 0 bridgehead atoms. The van der Waals surface area contributed by atoms with Crippen LogP contribution in [0.1, 0.15) is 67.2 Å². The van der Waals surface area contributed by atoms with E-state index in [2.05, 4.69) is 39.9 Å². The van der Waals surface area contributed by atoms with Crippen LogP contribution in [-0.4, -0.2) is 34.8 Å². The zero-order valence-electron chi connectivity index (χ0n) is 14.5. The summed E-state index contributed by atoms with van der Waals surface area (Å²) in [5.74, 6) is 0.495. The Morgan fingerprint density at radius 2 is 1.62 bits per heavy atom. The highest BCUT2D eigenvalue weighted by atomic mass is 16.2. The molecule has 2 amide bonds. The van der Waals surface area contributed by atoms with Gasteiger partial charge in [-0.15, -0.1) is 0 Å². The summed E-state index contributed by atoms with van der Waals surface area (Å²) in [5, 5.41) is 2.98. The van der Waals surface area contributed by atoms with Crippen molar-refractivity contribution in [3.8, 4) is 0 Å². The van der Waals surface area contributed by atoms with Gasteiger partial charge in [0, 0.05) is 6.04 Å². The Balaban J connectivity index is 3.10. The summed E-state index contributed by atoms with van der Waals surface area (Å²) in [4.78, 5) is 27.4. The van der Waals surface area contributed by atoms with E-state index in [1.807, 2.05) is 11.8 Å². The normalized spacial score (nSPS) is 27.2. The van der Waals surface area contributed by atoms with Crippen LogP contribution in [0, 0.1) is 11.8 Å². The number of carbonyl (C=O) groups is 2. The Morgan fingerprint density at radius 3 is 2.10 bits per heavy atom. The van der Waals surface area contributed by atoms with Crippen molar-refractivity contribution in [3.63, 3.8) is 0 Å². The molecule has 21 heavy (non-hydrogen) atoms. The lowest BCUT2D eigenvalue weighted by Crippen LogP contribution is -2.68. The van der Waals surface area contributed by atoms with Crippen LogP contribution in [0.5, 0.6) is 0 Å². The van der Waals surface area contributed by atoms with Gasteiger partial charge in [0.05, 0.1) is 0 Å². The molecule has 1 fully saturated rings. The molecule has 0 spiro atoms. The maximum absolute atomic E-state index is 12.9. The fourth-order valence-electron chi connectivity index (χ4n) is 3.15. The average molecular weight is 296 g/mol. The smallest absolute Gasteiger partial charge is 0.246 e. The first-order chi connectivity index (χ1) is 9.88. The van der Waals surface area contributed by atoms with Gasteiger partial charge in [0.1, 0.15) is 12.1 Å². The van der Waals surface area contributed by atoms with E-state index in [4.69, 9.17) is 0 Å². The van der Waals surface area contributed by atoms with Gasteiger partial charge in [0.25, 0.3) is 0 Å². The number of rotatable bonds is 7. The number of piperazine rings is 1. The number of nitrogens with zero attached hydrogens (tertiary/aromatic N) is 1. The van der Waals surface area contributed by atoms with E-state index < -0.39 is 0 Å². The molecule has 0 aromatic rings. The third kappa shape index (κ3) is 3.78. The van der Waals surface area contributed by atoms with E-state index >= 15 is 0 Å². The lowest BCUT2D eigenvalue weighted by Gasteiger charge is -2.45. The van der Waals surface area contributed by atoms with E-state index in [0.717, 1.165) is 25.7 Å². The summed E-state index contributed by atoms with van der Waals surface area (Å²) in [6.45, 7) is 12.4. The molecule has 0 aromatic heterocycles. The topological polar surface area (TPSA) is 49.4 Å². The second kappa shape index (κ2) is 7.81. The number of amides is 2. The van der Waals surface area contributed by atoms with Crippen LogP contribution in [0.15, 0.2) is 0 Å². The molecule has 0 saturated carbocycles. The maximum atomic E-state index is 12.9. The molecule has 122 valence electrons. The van der Waals surface area contributed by atoms with Crippen LogP contribution < -0.4 is 5.32 Å². The van der Waals surface area contributed by atoms with Crippen molar-refractivity contribution < 1.29 is 9.59 Å². The van der Waals surface area contributed by atoms with Crippen LogP contribution in [0.25, 0.3) is 0 Å². The van der Waals surface area contributed by atoms with Gasteiger partial charge in [-0.1, -0.05) is 53.9 Å². The van der Waals surface area contributed by atoms with E-state index in [9.17, 15) is 9.59 Å². The molecule has 4 nitrogen and oxygen atoms in total. The zero-order valence-corrected chi connectivity index (χ0v) is 14.5. The van der Waals surface area contributed by atoms with Gasteiger partial charge in [0.2, 0.25) is 11.8 Å². The lowest BCUT2D eigenvalue weighted by molar-refractivity contribution is -0.155. The minimum atomic E-state index is -0.359. The van der Waals surface area contributed by atoms with E-state index in [1.54, 1.807) is 0 Å². The fraction of sp³-hybridized carbons (Fsp3) is 0.882. The monoisotopic (exact) mass is 296 g/mol. The molecule has 4 heteroatoms. The molecular formula is C17H32N2O2. The first-order valence-electron chi connectivity index (χ1n) is 8.51. The van der Waals surface area contributed by atoms with Gasteiger partial charge in [-0.2, -0.15) is 0 Å². The summed E-state index contributed by atoms with van der Waals surface area (Å²) < 4.78 is 0. The van der Waals surface area contributed by atoms with Crippen LogP contribution in [0.4, 0.5) is 0 Å². The van der Waals surface area contributed by atoms with E-state index in [1.165, 1.54) is 0 Å². The molecule has 1 saturated heterocycles. The third-order valence-electron chi connectivity index (χ3n) is 4.96. The summed E-state index contributed by atoms with van der Waals surface area (Å²) >= 11 is 0. The van der Waals surface area contributed by atoms with Crippen molar-refractivity contribution >= 4 is 11.8 Å². The van der Waals surface area contributed by atoms with Crippen molar-refractivity contribution in [1.82, 2.24) is 10.2 Å². The molecule has 5 atom stereocenters. The van der Waals surface area contributed by atoms with Crippen molar-refractivity contribution in [2.24, 2.45) is 11.8 Å². The Bertz CT molecular complexity index is 370. The SMILES string of the molecule is CCCC(C)N1C(=O)C(C(C)CC)NC(=O)C1C(C)CC. The zero-order chi connectivity index (χ0) is 16.2. The quantitative estimate of drug-likeness (QED) is 0.785. The van der Waals surface area contributed by atoms with Crippen LogP contribution in [0.2, 0.25) is 0 Å². The highest BCUT2D eigenvalue weighted by molar-refractivity contribution is 5.97. The Labute approximate surface area is 129 Å². The minimum absolute atomic E-state index is 0.0252. The fourth-order valence-corrected chi connectivity index (χ4v) is 3.15. The van der Waals surface area contributed by atoms with E-state index in [-0.39, 0.29) is 41.8 Å². The van der Waals surface area contributed by atoms with Crippen LogP contribution in [-0.2, 0) is 9.59 Å². The third-order valence-corrected chi connectivity index (χ3v) is 4.96. The Hall–Kier alpha value is -1.06. The number of nitrogens with one attached hydrogen (secondary N) is 1. The molecular weight excluding hydrogens is 264 g/mol. The molecule has 0 aliphatic carbocycles. The highest BCUT2D eigenvalue weighted by Gasteiger charge is 2.45. The first-order valence-corrected chi connectivity index (χ1v) is 8.51. The average Bonchev–Trinajstić information content (AvgIpc) is 2.47. The van der Waals surface area contributed by atoms with Gasteiger partial charge in [-0.05, 0) is 25.2 Å². The van der Waals surface area contributed by atoms with Gasteiger partial charge in [0.15, 0.2) is 0 Å². The number of carbonyl (C=O) groups excluding carboxylic acids is 2. The predicted molar refractivity (Wildman–Crippen MR) is 85.8 cm³/mol. The maximum Gasteiger partial charge on any atom is 0.246 e. The first kappa shape index (κ1) is 18.0. The molecule has 1 aliphatic heterocycles. The minimum Gasteiger partial charge on any atom is -0.342 e. The summed E-state index contributed by atoms with van der Waals surface area (Å²) in [6, 6.07) is -0.550. The van der Waals surface area contributed by atoms with Crippen molar-refractivity contribution in [2.45, 2.75) is 85.4 Å². The number of hydrogen-bond acceptors (Lipinski definition) is 2. The molecule has 1 N–H and O–H groups in total. The van der Waals surface area contributed by atoms with Crippen LogP contribution >= 0.6 is 0 Å². The highest BCUT2D eigenvalue weighted by Crippen LogP contribution is 2.26. The molecule has 0 radical (unpaired) electrons. The van der Waals surface area contributed by atoms with Crippen LogP contribution in [0.3, 0.4) is 0 Å². The van der Waals surface area contributed by atoms with Crippen molar-refractivity contribution in [2.75, 3.05) is 0 Å². The van der Waals surface area contributed by atoms with Gasteiger partial charge >= 0.3 is 0 Å². The largest absolute Gasteiger partial charge is 0.342 e. The lowest BCUT2D eigenvalue weighted by atomic mass is 9.87. The van der Waals surface area contributed by atoms with E-state index in [0.29, 0.717) is 0 Å². The van der Waals surface area contributed by atoms with Crippen molar-refractivity contribution in [3.05, 3.63) is 0 Å². The Kier molecular flexibility index (Phi) is 6.69. The van der Waals surface area contributed by atoms with Gasteiger partial charge < -0.3 is 10.2 Å².